The lowest BCUT2D eigenvalue weighted by atomic mass is 9.76. The molecule has 1 atom stereocenters. The fourth-order valence-electron chi connectivity index (χ4n) is 1.52. The number of likely N-dealkylation sites (N-methyl/N-ethyl adjacent to an activating group) is 1. The van der Waals surface area contributed by atoms with Crippen molar-refractivity contribution in [1.82, 2.24) is 5.32 Å². The van der Waals surface area contributed by atoms with Gasteiger partial charge in [0.2, 0.25) is 0 Å². The van der Waals surface area contributed by atoms with Gasteiger partial charge >= 0.3 is 13.1 Å². The first-order chi connectivity index (χ1) is 7.97. The van der Waals surface area contributed by atoms with Crippen LogP contribution in [0.3, 0.4) is 0 Å². The fourth-order valence-corrected chi connectivity index (χ4v) is 1.52. The number of aromatic carboxylic acids is 1. The zero-order chi connectivity index (χ0) is 13.0. The van der Waals surface area contributed by atoms with Crippen LogP contribution in [0.25, 0.3) is 0 Å². The van der Waals surface area contributed by atoms with Crippen molar-refractivity contribution in [1.29, 1.82) is 0 Å². The standard InChI is InChI=1S/C10H14BNO5/c1-12-8(11(16)17)5-6-3-2-4-7(9(6)13)10(14)15/h2-4,8,12-13,16-17H,5H2,1H3,(H,14,15). The Morgan fingerprint density at radius 3 is 2.59 bits per heavy atom. The minimum atomic E-state index is -1.59. The second kappa shape index (κ2) is 5.67. The van der Waals surface area contributed by atoms with Crippen LogP contribution in [0.5, 0.6) is 5.75 Å². The third-order valence-corrected chi connectivity index (χ3v) is 2.52. The molecule has 0 saturated carbocycles. The average molecular weight is 239 g/mol. The molecule has 7 heteroatoms. The second-order valence-electron chi connectivity index (χ2n) is 3.63. The molecule has 0 aliphatic rings. The largest absolute Gasteiger partial charge is 0.507 e. The molecule has 0 amide bonds. The van der Waals surface area contributed by atoms with Crippen LogP contribution in [0.4, 0.5) is 0 Å². The normalized spacial score (nSPS) is 12.2. The number of nitrogens with one attached hydrogen (secondary N) is 1. The summed E-state index contributed by atoms with van der Waals surface area (Å²) >= 11 is 0. The van der Waals surface area contributed by atoms with Crippen molar-refractivity contribution in [2.75, 3.05) is 7.05 Å². The lowest BCUT2D eigenvalue weighted by Crippen LogP contribution is -2.43. The van der Waals surface area contributed by atoms with E-state index in [1.165, 1.54) is 18.2 Å². The number of aromatic hydroxyl groups is 1. The number of carboxylic acid groups (broad SMARTS) is 1. The van der Waals surface area contributed by atoms with Gasteiger partial charge in [-0.15, -0.1) is 0 Å². The van der Waals surface area contributed by atoms with Gasteiger partial charge in [-0.1, -0.05) is 12.1 Å². The number of rotatable bonds is 5. The Hall–Kier alpha value is -1.57. The van der Waals surface area contributed by atoms with E-state index >= 15 is 0 Å². The van der Waals surface area contributed by atoms with Gasteiger partial charge in [0.05, 0.1) is 0 Å². The van der Waals surface area contributed by atoms with Gasteiger partial charge in [0.25, 0.3) is 0 Å². The molecule has 0 aliphatic heterocycles. The topological polar surface area (TPSA) is 110 Å². The zero-order valence-corrected chi connectivity index (χ0v) is 9.29. The number of hydrogen-bond donors (Lipinski definition) is 5. The van der Waals surface area contributed by atoms with E-state index in [2.05, 4.69) is 5.32 Å². The third-order valence-electron chi connectivity index (χ3n) is 2.52. The van der Waals surface area contributed by atoms with E-state index in [-0.39, 0.29) is 17.7 Å². The first-order valence-electron chi connectivity index (χ1n) is 5.05. The van der Waals surface area contributed by atoms with E-state index in [0.717, 1.165) is 0 Å². The molecule has 6 nitrogen and oxygen atoms in total. The highest BCUT2D eigenvalue weighted by Gasteiger charge is 2.24. The van der Waals surface area contributed by atoms with Crippen molar-refractivity contribution in [3.8, 4) is 5.75 Å². The summed E-state index contributed by atoms with van der Waals surface area (Å²) in [5, 5.41) is 39.3. The summed E-state index contributed by atoms with van der Waals surface area (Å²) in [5.41, 5.74) is 0.141. The summed E-state index contributed by atoms with van der Waals surface area (Å²) in [6.07, 6.45) is 0.112. The van der Waals surface area contributed by atoms with Crippen molar-refractivity contribution in [2.45, 2.75) is 12.4 Å². The van der Waals surface area contributed by atoms with Crippen molar-refractivity contribution in [3.63, 3.8) is 0 Å². The summed E-state index contributed by atoms with van der Waals surface area (Å²) in [6.45, 7) is 0. The molecule has 1 aromatic carbocycles. The third kappa shape index (κ3) is 3.19. The van der Waals surface area contributed by atoms with Gasteiger partial charge in [0.15, 0.2) is 0 Å². The predicted molar refractivity (Wildman–Crippen MR) is 61.8 cm³/mol. The Labute approximate surface area is 98.7 Å². The molecule has 0 spiro atoms. The Balaban J connectivity index is 2.99. The number of phenols is 1. The molecule has 92 valence electrons. The first-order valence-corrected chi connectivity index (χ1v) is 5.05. The van der Waals surface area contributed by atoms with Crippen molar-refractivity contribution >= 4 is 13.1 Å². The van der Waals surface area contributed by atoms with Gasteiger partial charge < -0.3 is 25.6 Å². The summed E-state index contributed by atoms with van der Waals surface area (Å²) in [4.78, 5) is 10.8. The lowest BCUT2D eigenvalue weighted by Gasteiger charge is -2.16. The molecule has 0 bridgehead atoms. The van der Waals surface area contributed by atoms with E-state index in [1.54, 1.807) is 7.05 Å². The first kappa shape index (κ1) is 13.5. The molecule has 1 unspecified atom stereocenters. The van der Waals surface area contributed by atoms with E-state index in [9.17, 15) is 9.90 Å². The number of hydrogen-bond acceptors (Lipinski definition) is 5. The Morgan fingerprint density at radius 2 is 2.12 bits per heavy atom. The van der Waals surface area contributed by atoms with Gasteiger partial charge in [0.1, 0.15) is 11.3 Å². The van der Waals surface area contributed by atoms with Crippen LogP contribution in [-0.4, -0.2) is 46.3 Å². The molecule has 0 fully saturated rings. The molecular weight excluding hydrogens is 225 g/mol. The van der Waals surface area contributed by atoms with Crippen LogP contribution in [0.2, 0.25) is 0 Å². The van der Waals surface area contributed by atoms with Gasteiger partial charge in [-0.05, 0) is 25.1 Å². The molecule has 0 saturated heterocycles. The Morgan fingerprint density at radius 1 is 1.47 bits per heavy atom. The van der Waals surface area contributed by atoms with Crippen LogP contribution in [0.1, 0.15) is 15.9 Å². The van der Waals surface area contributed by atoms with E-state index < -0.39 is 19.0 Å². The highest BCUT2D eigenvalue weighted by molar-refractivity contribution is 6.43. The molecule has 17 heavy (non-hydrogen) atoms. The Kier molecular flexibility index (Phi) is 4.50. The molecule has 1 aromatic rings. The summed E-state index contributed by atoms with van der Waals surface area (Å²) in [5.74, 6) is -2.25. The van der Waals surface area contributed by atoms with Crippen molar-refractivity contribution in [2.24, 2.45) is 0 Å². The van der Waals surface area contributed by atoms with E-state index in [4.69, 9.17) is 15.2 Å². The molecule has 1 rings (SSSR count). The molecule has 0 heterocycles. The summed E-state index contributed by atoms with van der Waals surface area (Å²) < 4.78 is 0. The number of carbonyl (C=O) groups is 1. The maximum absolute atomic E-state index is 10.8. The Bertz CT molecular complexity index is 410. The van der Waals surface area contributed by atoms with Gasteiger partial charge in [0, 0.05) is 5.94 Å². The number of benzene rings is 1. The van der Waals surface area contributed by atoms with Crippen LogP contribution in [0.15, 0.2) is 18.2 Å². The number of carboxylic acids is 1. The monoisotopic (exact) mass is 239 g/mol. The highest BCUT2D eigenvalue weighted by atomic mass is 16.4. The average Bonchev–Trinajstić information content (AvgIpc) is 2.26. The second-order valence-corrected chi connectivity index (χ2v) is 3.63. The zero-order valence-electron chi connectivity index (χ0n) is 9.29. The molecular formula is C10H14BNO5. The van der Waals surface area contributed by atoms with Gasteiger partial charge in [-0.3, -0.25) is 0 Å². The summed E-state index contributed by atoms with van der Waals surface area (Å²) in [7, 11) is -0.0461. The van der Waals surface area contributed by atoms with E-state index in [1.807, 2.05) is 0 Å². The van der Waals surface area contributed by atoms with Crippen molar-refractivity contribution < 1.29 is 25.1 Å². The minimum Gasteiger partial charge on any atom is -0.507 e. The number of para-hydroxylation sites is 1. The van der Waals surface area contributed by atoms with Crippen LogP contribution >= 0.6 is 0 Å². The minimum absolute atomic E-state index is 0.112. The van der Waals surface area contributed by atoms with Gasteiger partial charge in [-0.2, -0.15) is 0 Å². The highest BCUT2D eigenvalue weighted by Crippen LogP contribution is 2.23. The maximum Gasteiger partial charge on any atom is 0.469 e. The van der Waals surface area contributed by atoms with Gasteiger partial charge in [-0.25, -0.2) is 4.79 Å². The van der Waals surface area contributed by atoms with Crippen LogP contribution in [0, 0.1) is 0 Å². The van der Waals surface area contributed by atoms with Crippen LogP contribution < -0.4 is 5.32 Å². The van der Waals surface area contributed by atoms with Crippen molar-refractivity contribution in [3.05, 3.63) is 29.3 Å². The molecule has 0 aromatic heterocycles. The molecule has 0 radical (unpaired) electrons. The van der Waals surface area contributed by atoms with Crippen LogP contribution in [-0.2, 0) is 6.42 Å². The maximum atomic E-state index is 10.8. The quantitative estimate of drug-likeness (QED) is 0.432. The molecule has 5 N–H and O–H groups in total. The fraction of sp³-hybridized carbons (Fsp3) is 0.300. The molecule has 0 aliphatic carbocycles. The summed E-state index contributed by atoms with van der Waals surface area (Å²) in [6, 6.07) is 4.31. The van der Waals surface area contributed by atoms with E-state index in [0.29, 0.717) is 5.56 Å². The SMILES string of the molecule is CNC(Cc1cccc(C(=O)O)c1O)B(O)O. The smallest absolute Gasteiger partial charge is 0.469 e. The lowest BCUT2D eigenvalue weighted by molar-refractivity contribution is 0.0693. The predicted octanol–water partition coefficient (Wildman–Crippen LogP) is -0.767.